The summed E-state index contributed by atoms with van der Waals surface area (Å²) < 4.78 is 3.60. The Morgan fingerprint density at radius 3 is 2.75 bits per heavy atom. The Balaban J connectivity index is 1.79. The van der Waals surface area contributed by atoms with Gasteiger partial charge in [0.2, 0.25) is 11.7 Å². The first-order valence-corrected chi connectivity index (χ1v) is 9.97. The highest BCUT2D eigenvalue weighted by Gasteiger charge is 2.16. The second kappa shape index (κ2) is 7.47. The van der Waals surface area contributed by atoms with E-state index in [1.807, 2.05) is 47.7 Å². The summed E-state index contributed by atoms with van der Waals surface area (Å²) in [5.41, 5.74) is 7.54. The number of carbonyl (C=O) groups excluding carboxylic acids is 1. The number of aromatic nitrogens is 4. The molecule has 0 atom stereocenters. The number of amides is 1. The van der Waals surface area contributed by atoms with Crippen molar-refractivity contribution < 1.29 is 4.79 Å². The molecule has 0 radical (unpaired) electrons. The monoisotopic (exact) mass is 393 g/mol. The fraction of sp³-hybridized carbons (Fsp3) is 0.200. The van der Waals surface area contributed by atoms with E-state index in [-0.39, 0.29) is 5.56 Å². The van der Waals surface area contributed by atoms with Gasteiger partial charge in [0.05, 0.1) is 10.9 Å². The van der Waals surface area contributed by atoms with Crippen LogP contribution in [-0.2, 0) is 12.3 Å². The molecule has 0 unspecified atom stereocenters. The van der Waals surface area contributed by atoms with Gasteiger partial charge in [-0.2, -0.15) is 0 Å². The van der Waals surface area contributed by atoms with E-state index in [9.17, 15) is 9.59 Å². The van der Waals surface area contributed by atoms with Crippen molar-refractivity contribution in [2.45, 2.75) is 30.8 Å². The van der Waals surface area contributed by atoms with E-state index in [1.165, 1.54) is 11.8 Å². The van der Waals surface area contributed by atoms with E-state index < -0.39 is 5.91 Å². The molecule has 2 aromatic carbocycles. The van der Waals surface area contributed by atoms with Crippen LogP contribution in [0.1, 0.15) is 29.3 Å². The first-order chi connectivity index (χ1) is 13.6. The molecule has 0 fully saturated rings. The van der Waals surface area contributed by atoms with Crippen LogP contribution in [0, 0.1) is 0 Å². The van der Waals surface area contributed by atoms with E-state index in [1.54, 1.807) is 16.7 Å². The highest BCUT2D eigenvalue weighted by atomic mass is 32.2. The molecule has 28 heavy (non-hydrogen) atoms. The maximum atomic E-state index is 12.9. The minimum Gasteiger partial charge on any atom is -0.366 e. The van der Waals surface area contributed by atoms with E-state index in [4.69, 9.17) is 5.73 Å². The summed E-state index contributed by atoms with van der Waals surface area (Å²) in [5, 5.41) is 9.95. The third-order valence-corrected chi connectivity index (χ3v) is 5.50. The summed E-state index contributed by atoms with van der Waals surface area (Å²) in [6.45, 7) is 2.60. The predicted molar refractivity (Wildman–Crippen MR) is 110 cm³/mol. The van der Waals surface area contributed by atoms with Gasteiger partial charge in [-0.25, -0.2) is 0 Å². The number of benzene rings is 2. The summed E-state index contributed by atoms with van der Waals surface area (Å²) in [5.74, 6) is 0.691. The lowest BCUT2D eigenvalue weighted by Gasteiger charge is -2.10. The number of hydrogen-bond donors (Lipinski definition) is 1. The molecule has 0 aliphatic heterocycles. The molecule has 2 heterocycles. The Hall–Kier alpha value is -3.13. The number of thioether (sulfide) groups is 1. The fourth-order valence-corrected chi connectivity index (χ4v) is 4.10. The first kappa shape index (κ1) is 18.2. The van der Waals surface area contributed by atoms with Crippen LogP contribution in [0.5, 0.6) is 0 Å². The molecule has 4 rings (SSSR count). The summed E-state index contributed by atoms with van der Waals surface area (Å²) in [6.07, 6.45) is 0.823. The van der Waals surface area contributed by atoms with Crippen molar-refractivity contribution in [3.05, 3.63) is 70.0 Å². The average molecular weight is 393 g/mol. The molecule has 0 saturated carbocycles. The molecule has 0 saturated heterocycles. The maximum absolute atomic E-state index is 12.9. The van der Waals surface area contributed by atoms with Crippen LogP contribution in [-0.4, -0.2) is 25.1 Å². The minimum absolute atomic E-state index is 0.0527. The van der Waals surface area contributed by atoms with Crippen molar-refractivity contribution in [3.63, 3.8) is 0 Å². The van der Waals surface area contributed by atoms with Crippen molar-refractivity contribution >= 4 is 34.3 Å². The topological polar surface area (TPSA) is 95.3 Å². The molecule has 7 nitrogen and oxygen atoms in total. The molecule has 0 aliphatic rings. The van der Waals surface area contributed by atoms with Gasteiger partial charge in [-0.15, -0.1) is 10.2 Å². The van der Waals surface area contributed by atoms with E-state index in [0.29, 0.717) is 34.2 Å². The van der Waals surface area contributed by atoms with Crippen LogP contribution in [0.15, 0.2) is 58.5 Å². The second-order valence-corrected chi connectivity index (χ2v) is 7.39. The zero-order chi connectivity index (χ0) is 19.7. The van der Waals surface area contributed by atoms with Crippen LogP contribution in [0.3, 0.4) is 0 Å². The number of hydrogen-bond acceptors (Lipinski definition) is 5. The van der Waals surface area contributed by atoms with Crippen molar-refractivity contribution in [2.75, 3.05) is 0 Å². The molecule has 8 heteroatoms. The van der Waals surface area contributed by atoms with E-state index in [2.05, 4.69) is 10.2 Å². The lowest BCUT2D eigenvalue weighted by Crippen LogP contribution is -2.23. The van der Waals surface area contributed by atoms with Gasteiger partial charge in [0, 0.05) is 17.9 Å². The molecule has 0 bridgehead atoms. The van der Waals surface area contributed by atoms with Gasteiger partial charge in [-0.1, -0.05) is 43.0 Å². The number of carbonyl (C=O) groups is 1. The van der Waals surface area contributed by atoms with Crippen LogP contribution in [0.4, 0.5) is 0 Å². The van der Waals surface area contributed by atoms with Crippen molar-refractivity contribution in [1.29, 1.82) is 0 Å². The van der Waals surface area contributed by atoms with Crippen LogP contribution >= 0.6 is 11.8 Å². The smallest absolute Gasteiger partial charge is 0.262 e. The third-order valence-electron chi connectivity index (χ3n) is 4.50. The Kier molecular flexibility index (Phi) is 4.87. The van der Waals surface area contributed by atoms with Crippen LogP contribution in [0.2, 0.25) is 0 Å². The Morgan fingerprint density at radius 1 is 1.14 bits per heavy atom. The third kappa shape index (κ3) is 3.16. The standard InChI is InChI=1S/C20H19N5O2S/c1-2-10-24-18(27)15-8-3-4-9-16(15)25-19(24)22-23-20(25)28-12-13-6-5-7-14(11-13)17(21)26/h3-9,11H,2,10,12H2,1H3,(H2,21,26). The first-order valence-electron chi connectivity index (χ1n) is 8.98. The molecule has 1 amide bonds. The van der Waals surface area contributed by atoms with Crippen molar-refractivity contribution in [2.24, 2.45) is 5.73 Å². The number of rotatable bonds is 6. The Bertz CT molecular complexity index is 1240. The number of fused-ring (bicyclic) bond motifs is 3. The molecular formula is C20H19N5O2S. The zero-order valence-electron chi connectivity index (χ0n) is 15.3. The molecule has 142 valence electrons. The lowest BCUT2D eigenvalue weighted by molar-refractivity contribution is 0.1000. The lowest BCUT2D eigenvalue weighted by atomic mass is 10.1. The van der Waals surface area contributed by atoms with Crippen molar-refractivity contribution in [3.8, 4) is 0 Å². The van der Waals surface area contributed by atoms with Crippen molar-refractivity contribution in [1.82, 2.24) is 19.2 Å². The maximum Gasteiger partial charge on any atom is 0.262 e. The van der Waals surface area contributed by atoms with Crippen LogP contribution in [0.25, 0.3) is 16.7 Å². The Morgan fingerprint density at radius 2 is 1.96 bits per heavy atom. The molecule has 4 aromatic rings. The molecule has 2 N–H and O–H groups in total. The normalized spacial score (nSPS) is 11.3. The summed E-state index contributed by atoms with van der Waals surface area (Å²) >= 11 is 1.50. The second-order valence-electron chi connectivity index (χ2n) is 6.45. The largest absolute Gasteiger partial charge is 0.366 e. The zero-order valence-corrected chi connectivity index (χ0v) is 16.1. The summed E-state index contributed by atoms with van der Waals surface area (Å²) in [7, 11) is 0. The SMILES string of the molecule is CCCn1c(=O)c2ccccc2n2c(SCc3cccc(C(N)=O)c3)nnc12. The number of para-hydroxylation sites is 1. The van der Waals surface area contributed by atoms with Gasteiger partial charge < -0.3 is 5.73 Å². The van der Waals surface area contributed by atoms with Gasteiger partial charge in [-0.05, 0) is 36.2 Å². The number of nitrogens with two attached hydrogens (primary N) is 1. The number of nitrogens with zero attached hydrogens (tertiary/aromatic N) is 4. The molecule has 0 spiro atoms. The van der Waals surface area contributed by atoms with E-state index in [0.717, 1.165) is 17.5 Å². The summed E-state index contributed by atoms with van der Waals surface area (Å²) in [6, 6.07) is 14.7. The number of primary amides is 1. The minimum atomic E-state index is -0.450. The van der Waals surface area contributed by atoms with Gasteiger partial charge in [0.1, 0.15) is 0 Å². The van der Waals surface area contributed by atoms with Crippen LogP contribution < -0.4 is 11.3 Å². The van der Waals surface area contributed by atoms with E-state index >= 15 is 0 Å². The molecular weight excluding hydrogens is 374 g/mol. The molecule has 2 aromatic heterocycles. The Labute approximate surface area is 165 Å². The summed E-state index contributed by atoms with van der Waals surface area (Å²) in [4.78, 5) is 24.2. The highest BCUT2D eigenvalue weighted by Crippen LogP contribution is 2.25. The quantitative estimate of drug-likeness (QED) is 0.508. The fourth-order valence-electron chi connectivity index (χ4n) is 3.21. The predicted octanol–water partition coefficient (Wildman–Crippen LogP) is 2.85. The van der Waals surface area contributed by atoms with Gasteiger partial charge >= 0.3 is 0 Å². The highest BCUT2D eigenvalue weighted by molar-refractivity contribution is 7.98. The number of aryl methyl sites for hydroxylation is 1. The van der Waals surface area contributed by atoms with Gasteiger partial charge in [0.25, 0.3) is 5.56 Å². The average Bonchev–Trinajstić information content (AvgIpc) is 3.14. The van der Waals surface area contributed by atoms with Gasteiger partial charge in [-0.3, -0.25) is 18.6 Å². The molecule has 0 aliphatic carbocycles. The van der Waals surface area contributed by atoms with Gasteiger partial charge in [0.15, 0.2) is 5.16 Å².